The molecule has 0 unspecified atom stereocenters. The van der Waals surface area contributed by atoms with E-state index < -0.39 is 6.10 Å². The van der Waals surface area contributed by atoms with Gasteiger partial charge in [-0.2, -0.15) is 11.8 Å². The Bertz CT molecular complexity index is 664. The van der Waals surface area contributed by atoms with E-state index in [0.717, 1.165) is 16.5 Å². The summed E-state index contributed by atoms with van der Waals surface area (Å²) in [7, 11) is 0. The van der Waals surface area contributed by atoms with Gasteiger partial charge in [-0.15, -0.1) is 0 Å². The first-order valence-corrected chi connectivity index (χ1v) is 9.64. The Morgan fingerprint density at radius 3 is 2.52 bits per heavy atom. The van der Waals surface area contributed by atoms with Crippen molar-refractivity contribution in [1.29, 1.82) is 0 Å². The van der Waals surface area contributed by atoms with Gasteiger partial charge in [-0.25, -0.2) is 4.39 Å². The minimum absolute atomic E-state index is 0.154. The van der Waals surface area contributed by atoms with Crippen molar-refractivity contribution >= 4 is 29.3 Å². The molecule has 0 heterocycles. The molecule has 0 radical (unpaired) electrons. The molecule has 1 N–H and O–H groups in total. The summed E-state index contributed by atoms with van der Waals surface area (Å²) < 4.78 is 18.5. The topological polar surface area (TPSA) is 38.3 Å². The number of carbonyl (C=O) groups is 1. The lowest BCUT2D eigenvalue weighted by molar-refractivity contribution is -0.127. The SMILES string of the molecule is CC[C@@H](Oc1ccc(F)cc1)C(=O)NCCSCc1ccc(Cl)cc1. The van der Waals surface area contributed by atoms with E-state index in [0.29, 0.717) is 18.7 Å². The lowest BCUT2D eigenvalue weighted by Crippen LogP contribution is -2.39. The van der Waals surface area contributed by atoms with Crippen molar-refractivity contribution in [3.63, 3.8) is 0 Å². The molecule has 1 atom stereocenters. The summed E-state index contributed by atoms with van der Waals surface area (Å²) in [6.07, 6.45) is -0.0343. The third kappa shape index (κ3) is 6.96. The Morgan fingerprint density at radius 2 is 1.88 bits per heavy atom. The van der Waals surface area contributed by atoms with Crippen LogP contribution in [-0.4, -0.2) is 24.3 Å². The average molecular weight is 382 g/mol. The van der Waals surface area contributed by atoms with Crippen LogP contribution in [0.3, 0.4) is 0 Å². The second-order valence-corrected chi connectivity index (χ2v) is 6.98. The van der Waals surface area contributed by atoms with Gasteiger partial charge < -0.3 is 10.1 Å². The lowest BCUT2D eigenvalue weighted by atomic mass is 10.2. The fourth-order valence-electron chi connectivity index (χ4n) is 2.13. The average Bonchev–Trinajstić information content (AvgIpc) is 2.62. The highest BCUT2D eigenvalue weighted by Gasteiger charge is 2.17. The first-order chi connectivity index (χ1) is 12.1. The number of carbonyl (C=O) groups excluding carboxylic acids is 1. The minimum Gasteiger partial charge on any atom is -0.481 e. The van der Waals surface area contributed by atoms with Gasteiger partial charge in [0.15, 0.2) is 6.10 Å². The lowest BCUT2D eigenvalue weighted by Gasteiger charge is -2.17. The normalized spacial score (nSPS) is 11.8. The molecule has 0 aliphatic heterocycles. The highest BCUT2D eigenvalue weighted by atomic mass is 35.5. The first-order valence-electron chi connectivity index (χ1n) is 8.10. The molecule has 0 fully saturated rings. The Kier molecular flexibility index (Phi) is 8.09. The summed E-state index contributed by atoms with van der Waals surface area (Å²) in [6, 6.07) is 13.4. The number of hydrogen-bond donors (Lipinski definition) is 1. The minimum atomic E-state index is -0.577. The Hall–Kier alpha value is -1.72. The van der Waals surface area contributed by atoms with Crippen molar-refractivity contribution in [3.8, 4) is 5.75 Å². The second kappa shape index (κ2) is 10.3. The van der Waals surface area contributed by atoms with Crippen LogP contribution in [0.5, 0.6) is 5.75 Å². The van der Waals surface area contributed by atoms with Crippen LogP contribution in [0.1, 0.15) is 18.9 Å². The summed E-state index contributed by atoms with van der Waals surface area (Å²) in [5, 5.41) is 3.61. The number of nitrogens with one attached hydrogen (secondary N) is 1. The van der Waals surface area contributed by atoms with Gasteiger partial charge >= 0.3 is 0 Å². The summed E-state index contributed by atoms with van der Waals surface area (Å²) in [4.78, 5) is 12.2. The molecule has 2 rings (SSSR count). The molecule has 0 aromatic heterocycles. The van der Waals surface area contributed by atoms with Gasteiger partial charge in [-0.1, -0.05) is 30.7 Å². The molecular weight excluding hydrogens is 361 g/mol. The van der Waals surface area contributed by atoms with E-state index in [9.17, 15) is 9.18 Å². The molecule has 2 aromatic carbocycles. The van der Waals surface area contributed by atoms with Crippen molar-refractivity contribution in [2.24, 2.45) is 0 Å². The van der Waals surface area contributed by atoms with Crippen LogP contribution in [0.25, 0.3) is 0 Å². The van der Waals surface area contributed by atoms with Crippen molar-refractivity contribution in [2.45, 2.75) is 25.2 Å². The third-order valence-corrected chi connectivity index (χ3v) is 4.77. The molecule has 0 spiro atoms. The van der Waals surface area contributed by atoms with Gasteiger partial charge in [0, 0.05) is 23.1 Å². The number of rotatable bonds is 9. The van der Waals surface area contributed by atoms with E-state index >= 15 is 0 Å². The summed E-state index contributed by atoms with van der Waals surface area (Å²) in [5.74, 6) is 1.68. The van der Waals surface area contributed by atoms with E-state index in [2.05, 4.69) is 5.32 Å². The van der Waals surface area contributed by atoms with Gasteiger partial charge in [0.1, 0.15) is 11.6 Å². The van der Waals surface area contributed by atoms with Crippen LogP contribution < -0.4 is 10.1 Å². The molecule has 1 amide bonds. The summed E-state index contributed by atoms with van der Waals surface area (Å²) in [6.45, 7) is 2.45. The number of ether oxygens (including phenoxy) is 1. The monoisotopic (exact) mass is 381 g/mol. The first kappa shape index (κ1) is 19.6. The molecule has 0 bridgehead atoms. The van der Waals surface area contributed by atoms with Gasteiger partial charge in [0.2, 0.25) is 0 Å². The fraction of sp³-hybridized carbons (Fsp3) is 0.316. The quantitative estimate of drug-likeness (QED) is 0.640. The van der Waals surface area contributed by atoms with E-state index in [4.69, 9.17) is 16.3 Å². The number of amides is 1. The number of benzene rings is 2. The molecule has 6 heteroatoms. The van der Waals surface area contributed by atoms with Crippen LogP contribution in [-0.2, 0) is 10.5 Å². The van der Waals surface area contributed by atoms with Gasteiger partial charge in [0.05, 0.1) is 0 Å². The van der Waals surface area contributed by atoms with Crippen molar-refractivity contribution in [1.82, 2.24) is 5.32 Å². The zero-order valence-electron chi connectivity index (χ0n) is 14.0. The molecule has 2 aromatic rings. The third-order valence-electron chi connectivity index (χ3n) is 3.48. The molecule has 25 heavy (non-hydrogen) atoms. The maximum atomic E-state index is 12.9. The van der Waals surface area contributed by atoms with Gasteiger partial charge in [0.25, 0.3) is 5.91 Å². The smallest absolute Gasteiger partial charge is 0.261 e. The van der Waals surface area contributed by atoms with Gasteiger partial charge in [-0.3, -0.25) is 4.79 Å². The number of thioether (sulfide) groups is 1. The van der Waals surface area contributed by atoms with Crippen LogP contribution in [0, 0.1) is 5.82 Å². The molecule has 0 aliphatic rings. The second-order valence-electron chi connectivity index (χ2n) is 5.44. The summed E-state index contributed by atoms with van der Waals surface area (Å²) >= 11 is 7.59. The molecule has 0 saturated carbocycles. The van der Waals surface area contributed by atoms with Crippen LogP contribution in [0.15, 0.2) is 48.5 Å². The van der Waals surface area contributed by atoms with E-state index in [1.54, 1.807) is 11.8 Å². The predicted molar refractivity (Wildman–Crippen MR) is 102 cm³/mol. The number of hydrogen-bond acceptors (Lipinski definition) is 3. The van der Waals surface area contributed by atoms with Gasteiger partial charge in [-0.05, 0) is 48.4 Å². The fourth-order valence-corrected chi connectivity index (χ4v) is 3.08. The molecular formula is C19H21ClFNO2S. The standard InChI is InChI=1S/C19H21ClFNO2S/c1-2-18(24-17-9-7-16(21)8-10-17)19(23)22-11-12-25-13-14-3-5-15(20)6-4-14/h3-10,18H,2,11-13H2,1H3,(H,22,23)/t18-/m1/s1. The maximum Gasteiger partial charge on any atom is 0.261 e. The highest BCUT2D eigenvalue weighted by Crippen LogP contribution is 2.16. The van der Waals surface area contributed by atoms with Crippen molar-refractivity contribution in [2.75, 3.05) is 12.3 Å². The van der Waals surface area contributed by atoms with Crippen LogP contribution in [0.4, 0.5) is 4.39 Å². The maximum absolute atomic E-state index is 12.9. The molecule has 134 valence electrons. The van der Waals surface area contributed by atoms with Crippen molar-refractivity contribution < 1.29 is 13.9 Å². The Labute approximate surface area is 156 Å². The van der Waals surface area contributed by atoms with E-state index in [1.165, 1.54) is 29.8 Å². The van der Waals surface area contributed by atoms with E-state index in [-0.39, 0.29) is 11.7 Å². The zero-order valence-corrected chi connectivity index (χ0v) is 15.6. The van der Waals surface area contributed by atoms with Crippen LogP contribution in [0.2, 0.25) is 5.02 Å². The van der Waals surface area contributed by atoms with Crippen molar-refractivity contribution in [3.05, 3.63) is 64.9 Å². The molecule has 0 aliphatic carbocycles. The zero-order chi connectivity index (χ0) is 18.1. The molecule has 3 nitrogen and oxygen atoms in total. The Morgan fingerprint density at radius 1 is 1.20 bits per heavy atom. The number of halogens is 2. The molecule has 0 saturated heterocycles. The Balaban J connectivity index is 1.68. The predicted octanol–water partition coefficient (Wildman–Crippen LogP) is 4.69. The largest absolute Gasteiger partial charge is 0.481 e. The van der Waals surface area contributed by atoms with E-state index in [1.807, 2.05) is 31.2 Å². The summed E-state index contributed by atoms with van der Waals surface area (Å²) in [5.41, 5.74) is 1.20. The van der Waals surface area contributed by atoms with Crippen LogP contribution >= 0.6 is 23.4 Å². The highest BCUT2D eigenvalue weighted by molar-refractivity contribution is 7.98.